The van der Waals surface area contributed by atoms with Crippen LogP contribution in [0.15, 0.2) is 53.7 Å². The van der Waals surface area contributed by atoms with Gasteiger partial charge < -0.3 is 10.2 Å². The lowest BCUT2D eigenvalue weighted by molar-refractivity contribution is 0.477. The van der Waals surface area contributed by atoms with E-state index < -0.39 is 0 Å². The minimum Gasteiger partial charge on any atom is -0.356 e. The summed E-state index contributed by atoms with van der Waals surface area (Å²) in [6.45, 7) is 1.50. The molecule has 0 amide bonds. The third kappa shape index (κ3) is 4.74. The zero-order valence-corrected chi connectivity index (χ0v) is 13.7. The van der Waals surface area contributed by atoms with Crippen LogP contribution in [0.1, 0.15) is 11.3 Å². The predicted molar refractivity (Wildman–Crippen MR) is 92.2 cm³/mol. The van der Waals surface area contributed by atoms with Crippen LogP contribution in [0.5, 0.6) is 0 Å². The summed E-state index contributed by atoms with van der Waals surface area (Å²) in [6, 6.07) is 13.8. The Balaban J connectivity index is 1.87. The summed E-state index contributed by atoms with van der Waals surface area (Å²) >= 11 is 6.21. The van der Waals surface area contributed by atoms with Crippen molar-refractivity contribution in [3.05, 3.63) is 64.9 Å². The van der Waals surface area contributed by atoms with Crippen molar-refractivity contribution in [2.45, 2.75) is 13.0 Å². The zero-order chi connectivity index (χ0) is 15.8. The summed E-state index contributed by atoms with van der Waals surface area (Å²) in [7, 11) is 3.78. The van der Waals surface area contributed by atoms with Crippen LogP contribution in [0.3, 0.4) is 0 Å². The van der Waals surface area contributed by atoms with Crippen LogP contribution in [-0.4, -0.2) is 36.5 Å². The van der Waals surface area contributed by atoms with Gasteiger partial charge in [-0.3, -0.25) is 9.98 Å². The fraction of sp³-hybridized carbons (Fsp3) is 0.294. The number of benzene rings is 1. The van der Waals surface area contributed by atoms with Gasteiger partial charge >= 0.3 is 0 Å². The van der Waals surface area contributed by atoms with Crippen molar-refractivity contribution in [2.24, 2.45) is 4.99 Å². The topological polar surface area (TPSA) is 40.5 Å². The molecule has 1 heterocycles. The second-order valence-electron chi connectivity index (χ2n) is 4.99. The van der Waals surface area contributed by atoms with E-state index in [9.17, 15) is 0 Å². The Hall–Kier alpha value is -2.07. The molecule has 2 aromatic rings. The highest BCUT2D eigenvalue weighted by Crippen LogP contribution is 2.16. The number of hydrogen-bond acceptors (Lipinski definition) is 2. The zero-order valence-electron chi connectivity index (χ0n) is 13.0. The Kier molecular flexibility index (Phi) is 6.22. The Labute approximate surface area is 136 Å². The first-order valence-electron chi connectivity index (χ1n) is 7.26. The Morgan fingerprint density at radius 1 is 1.23 bits per heavy atom. The fourth-order valence-electron chi connectivity index (χ4n) is 2.19. The van der Waals surface area contributed by atoms with Crippen LogP contribution in [0, 0.1) is 0 Å². The molecule has 0 fully saturated rings. The molecule has 0 atom stereocenters. The van der Waals surface area contributed by atoms with Gasteiger partial charge in [0.15, 0.2) is 5.96 Å². The van der Waals surface area contributed by atoms with Crippen molar-refractivity contribution < 1.29 is 0 Å². The lowest BCUT2D eigenvalue weighted by Gasteiger charge is -2.22. The van der Waals surface area contributed by atoms with Crippen molar-refractivity contribution in [1.82, 2.24) is 15.2 Å². The maximum absolute atomic E-state index is 6.21. The van der Waals surface area contributed by atoms with Gasteiger partial charge in [0.25, 0.3) is 0 Å². The van der Waals surface area contributed by atoms with Crippen LogP contribution in [0.25, 0.3) is 0 Å². The SMILES string of the molecule is CN=C(NCCc1ccccn1)N(C)Cc1ccccc1Cl. The molecule has 0 aliphatic carbocycles. The molecule has 2 rings (SSSR count). The van der Waals surface area contributed by atoms with Gasteiger partial charge in [-0.1, -0.05) is 35.9 Å². The van der Waals surface area contributed by atoms with E-state index >= 15 is 0 Å². The van der Waals surface area contributed by atoms with Gasteiger partial charge in [-0.05, 0) is 23.8 Å². The standard InChI is InChI=1S/C17H21ClN4/c1-19-17(21-12-10-15-8-5-6-11-20-15)22(2)13-14-7-3-4-9-16(14)18/h3-9,11H,10,12-13H2,1-2H3,(H,19,21). The molecule has 0 saturated carbocycles. The summed E-state index contributed by atoms with van der Waals surface area (Å²) in [5.74, 6) is 0.843. The first-order valence-corrected chi connectivity index (χ1v) is 7.63. The van der Waals surface area contributed by atoms with E-state index in [2.05, 4.69) is 20.2 Å². The van der Waals surface area contributed by atoms with Crippen LogP contribution >= 0.6 is 11.6 Å². The van der Waals surface area contributed by atoms with Gasteiger partial charge in [-0.15, -0.1) is 0 Å². The molecule has 116 valence electrons. The van der Waals surface area contributed by atoms with Gasteiger partial charge in [-0.25, -0.2) is 0 Å². The number of aromatic nitrogens is 1. The number of aliphatic imine (C=N–C) groups is 1. The second kappa shape index (κ2) is 8.39. The molecule has 0 spiro atoms. The average molecular weight is 317 g/mol. The highest BCUT2D eigenvalue weighted by molar-refractivity contribution is 6.31. The highest BCUT2D eigenvalue weighted by Gasteiger charge is 2.08. The number of rotatable bonds is 5. The minimum atomic E-state index is 0.711. The molecule has 0 bridgehead atoms. The average Bonchev–Trinajstić information content (AvgIpc) is 2.54. The number of nitrogens with zero attached hydrogens (tertiary/aromatic N) is 3. The molecule has 1 N–H and O–H groups in total. The molecule has 0 radical (unpaired) electrons. The molecule has 0 aliphatic rings. The van der Waals surface area contributed by atoms with Crippen LogP contribution in [-0.2, 0) is 13.0 Å². The summed E-state index contributed by atoms with van der Waals surface area (Å²) in [5.41, 5.74) is 2.15. The summed E-state index contributed by atoms with van der Waals surface area (Å²) < 4.78 is 0. The van der Waals surface area contributed by atoms with Crippen molar-refractivity contribution in [3.63, 3.8) is 0 Å². The third-order valence-corrected chi connectivity index (χ3v) is 3.70. The Morgan fingerprint density at radius 2 is 2.00 bits per heavy atom. The van der Waals surface area contributed by atoms with Crippen LogP contribution in [0.4, 0.5) is 0 Å². The third-order valence-electron chi connectivity index (χ3n) is 3.33. The lowest BCUT2D eigenvalue weighted by Crippen LogP contribution is -2.39. The smallest absolute Gasteiger partial charge is 0.193 e. The Bertz CT molecular complexity index is 613. The summed E-state index contributed by atoms with van der Waals surface area (Å²) in [4.78, 5) is 10.7. The number of guanidine groups is 1. The molecule has 1 aromatic heterocycles. The van der Waals surface area contributed by atoms with E-state index in [0.29, 0.717) is 6.54 Å². The fourth-order valence-corrected chi connectivity index (χ4v) is 2.39. The number of halogens is 1. The maximum atomic E-state index is 6.21. The van der Waals surface area contributed by atoms with Gasteiger partial charge in [0.2, 0.25) is 0 Å². The second-order valence-corrected chi connectivity index (χ2v) is 5.40. The van der Waals surface area contributed by atoms with E-state index in [1.165, 1.54) is 0 Å². The first kappa shape index (κ1) is 16.3. The normalized spacial score (nSPS) is 11.3. The molecule has 22 heavy (non-hydrogen) atoms. The van der Waals surface area contributed by atoms with E-state index in [1.807, 2.05) is 55.7 Å². The first-order chi connectivity index (χ1) is 10.7. The predicted octanol–water partition coefficient (Wildman–Crippen LogP) is 2.98. The molecule has 0 aliphatic heterocycles. The molecule has 4 nitrogen and oxygen atoms in total. The van der Waals surface area contributed by atoms with Gasteiger partial charge in [0.05, 0.1) is 0 Å². The van der Waals surface area contributed by atoms with Crippen molar-refractivity contribution in [2.75, 3.05) is 20.6 Å². The molecule has 5 heteroatoms. The van der Waals surface area contributed by atoms with E-state index in [0.717, 1.165) is 35.2 Å². The molecule has 0 saturated heterocycles. The molecule has 0 unspecified atom stereocenters. The maximum Gasteiger partial charge on any atom is 0.193 e. The Morgan fingerprint density at radius 3 is 2.68 bits per heavy atom. The van der Waals surface area contributed by atoms with E-state index in [-0.39, 0.29) is 0 Å². The van der Waals surface area contributed by atoms with Crippen molar-refractivity contribution >= 4 is 17.6 Å². The minimum absolute atomic E-state index is 0.711. The van der Waals surface area contributed by atoms with E-state index in [1.54, 1.807) is 7.05 Å². The monoisotopic (exact) mass is 316 g/mol. The number of hydrogen-bond donors (Lipinski definition) is 1. The molecular formula is C17H21ClN4. The number of nitrogens with one attached hydrogen (secondary N) is 1. The summed E-state index contributed by atoms with van der Waals surface area (Å²) in [5, 5.41) is 4.13. The van der Waals surface area contributed by atoms with Crippen LogP contribution in [0.2, 0.25) is 5.02 Å². The van der Waals surface area contributed by atoms with Gasteiger partial charge in [-0.2, -0.15) is 0 Å². The van der Waals surface area contributed by atoms with Gasteiger partial charge in [0.1, 0.15) is 0 Å². The molecule has 1 aromatic carbocycles. The van der Waals surface area contributed by atoms with Crippen molar-refractivity contribution in [3.8, 4) is 0 Å². The largest absolute Gasteiger partial charge is 0.356 e. The molecular weight excluding hydrogens is 296 g/mol. The summed E-state index contributed by atoms with van der Waals surface area (Å²) in [6.07, 6.45) is 2.67. The lowest BCUT2D eigenvalue weighted by atomic mass is 10.2. The van der Waals surface area contributed by atoms with Crippen molar-refractivity contribution in [1.29, 1.82) is 0 Å². The highest BCUT2D eigenvalue weighted by atomic mass is 35.5. The van der Waals surface area contributed by atoms with Gasteiger partial charge in [0, 0.05) is 50.5 Å². The quantitative estimate of drug-likeness (QED) is 0.681. The van der Waals surface area contributed by atoms with E-state index in [4.69, 9.17) is 11.6 Å². The number of pyridine rings is 1. The van der Waals surface area contributed by atoms with Crippen LogP contribution < -0.4 is 5.32 Å².